The van der Waals surface area contributed by atoms with Crippen molar-refractivity contribution >= 4 is 21.7 Å². The van der Waals surface area contributed by atoms with Crippen molar-refractivity contribution in [3.05, 3.63) is 89.2 Å². The number of anilines is 1. The zero-order chi connectivity index (χ0) is 21.8. The number of benzene rings is 2. The van der Waals surface area contributed by atoms with E-state index in [1.807, 2.05) is 42.5 Å². The van der Waals surface area contributed by atoms with Gasteiger partial charge in [-0.2, -0.15) is 0 Å². The lowest BCUT2D eigenvalue weighted by molar-refractivity contribution is 0.0472. The van der Waals surface area contributed by atoms with Crippen LogP contribution in [0.25, 0.3) is 0 Å². The molecule has 0 unspecified atom stereocenters. The number of hydrogen-bond donors (Lipinski definition) is 0. The molecular formula is C23H22N2O5S. The SMILES string of the molecule is CS(=O)(=O)N1CCc2cc(C(=O)OCc3ccc(OCc4ccccn4)cc3)ccc21. The second-order valence-electron chi connectivity index (χ2n) is 7.26. The van der Waals surface area contributed by atoms with Crippen molar-refractivity contribution in [2.45, 2.75) is 19.6 Å². The van der Waals surface area contributed by atoms with Crippen LogP contribution in [0.4, 0.5) is 5.69 Å². The summed E-state index contributed by atoms with van der Waals surface area (Å²) < 4.78 is 36.1. The third-order valence-corrected chi connectivity index (χ3v) is 6.15. The highest BCUT2D eigenvalue weighted by atomic mass is 32.2. The van der Waals surface area contributed by atoms with Gasteiger partial charge in [-0.15, -0.1) is 0 Å². The summed E-state index contributed by atoms with van der Waals surface area (Å²) in [6.07, 6.45) is 3.47. The number of hydrogen-bond acceptors (Lipinski definition) is 6. The molecule has 0 fully saturated rings. The summed E-state index contributed by atoms with van der Waals surface area (Å²) in [5.41, 5.74) is 3.54. The average Bonchev–Trinajstić information content (AvgIpc) is 3.21. The Morgan fingerprint density at radius 3 is 2.58 bits per heavy atom. The molecule has 8 heteroatoms. The van der Waals surface area contributed by atoms with Crippen LogP contribution in [0.1, 0.15) is 27.2 Å². The summed E-state index contributed by atoms with van der Waals surface area (Å²) in [6, 6.07) is 17.9. The maximum atomic E-state index is 12.4. The van der Waals surface area contributed by atoms with E-state index in [9.17, 15) is 13.2 Å². The molecule has 1 aliphatic heterocycles. The number of carbonyl (C=O) groups is 1. The third kappa shape index (κ3) is 5.03. The highest BCUT2D eigenvalue weighted by Gasteiger charge is 2.26. The molecule has 3 aromatic rings. The molecule has 0 spiro atoms. The summed E-state index contributed by atoms with van der Waals surface area (Å²) in [7, 11) is -3.32. The van der Waals surface area contributed by atoms with Crippen molar-refractivity contribution in [2.75, 3.05) is 17.1 Å². The van der Waals surface area contributed by atoms with Crippen molar-refractivity contribution in [3.63, 3.8) is 0 Å². The van der Waals surface area contributed by atoms with Crippen LogP contribution in [-0.4, -0.2) is 32.2 Å². The predicted molar refractivity (Wildman–Crippen MR) is 116 cm³/mol. The molecule has 0 aliphatic carbocycles. The highest BCUT2D eigenvalue weighted by Crippen LogP contribution is 2.31. The topological polar surface area (TPSA) is 85.8 Å². The Bertz CT molecular complexity index is 1180. The summed E-state index contributed by atoms with van der Waals surface area (Å²) in [6.45, 7) is 0.900. The fraction of sp³-hybridized carbons (Fsp3) is 0.217. The van der Waals surface area contributed by atoms with Crippen LogP contribution < -0.4 is 9.04 Å². The number of aromatic nitrogens is 1. The highest BCUT2D eigenvalue weighted by molar-refractivity contribution is 7.92. The zero-order valence-electron chi connectivity index (χ0n) is 17.0. The molecule has 0 radical (unpaired) electrons. The van der Waals surface area contributed by atoms with E-state index in [4.69, 9.17) is 9.47 Å². The zero-order valence-corrected chi connectivity index (χ0v) is 17.8. The Morgan fingerprint density at radius 1 is 1.06 bits per heavy atom. The Hall–Kier alpha value is -3.39. The molecule has 2 aromatic carbocycles. The smallest absolute Gasteiger partial charge is 0.338 e. The fourth-order valence-corrected chi connectivity index (χ4v) is 4.36. The van der Waals surface area contributed by atoms with E-state index in [2.05, 4.69) is 4.98 Å². The number of carbonyl (C=O) groups excluding carboxylic acids is 1. The van der Waals surface area contributed by atoms with Gasteiger partial charge in [0.25, 0.3) is 0 Å². The predicted octanol–water partition coefficient (Wildman–Crippen LogP) is 3.34. The number of sulfonamides is 1. The van der Waals surface area contributed by atoms with Gasteiger partial charge in [0, 0.05) is 12.7 Å². The van der Waals surface area contributed by atoms with Gasteiger partial charge in [-0.1, -0.05) is 18.2 Å². The number of esters is 1. The Balaban J connectivity index is 1.33. The number of ether oxygens (including phenoxy) is 2. The van der Waals surface area contributed by atoms with Crippen LogP contribution in [0.5, 0.6) is 5.75 Å². The lowest BCUT2D eigenvalue weighted by atomic mass is 10.1. The van der Waals surface area contributed by atoms with Gasteiger partial charge in [0.1, 0.15) is 19.0 Å². The number of pyridine rings is 1. The summed E-state index contributed by atoms with van der Waals surface area (Å²) in [4.78, 5) is 16.6. The van der Waals surface area contributed by atoms with Crippen molar-refractivity contribution in [3.8, 4) is 5.75 Å². The molecule has 1 aromatic heterocycles. The van der Waals surface area contributed by atoms with Crippen LogP contribution in [-0.2, 0) is 34.4 Å². The Kier molecular flexibility index (Phi) is 5.90. The minimum absolute atomic E-state index is 0.131. The van der Waals surface area contributed by atoms with Gasteiger partial charge < -0.3 is 9.47 Å². The standard InChI is InChI=1S/C23H22N2O5S/c1-31(27,28)25-13-11-18-14-19(7-10-22(18)25)23(26)30-15-17-5-8-21(9-6-17)29-16-20-4-2-3-12-24-20/h2-10,12,14H,11,13,15-16H2,1H3. The van der Waals surface area contributed by atoms with Gasteiger partial charge in [-0.05, 0) is 60.0 Å². The monoisotopic (exact) mass is 438 g/mol. The van der Waals surface area contributed by atoms with E-state index in [0.717, 1.165) is 16.8 Å². The molecule has 7 nitrogen and oxygen atoms in total. The van der Waals surface area contributed by atoms with Crippen LogP contribution in [0.3, 0.4) is 0 Å². The lowest BCUT2D eigenvalue weighted by Gasteiger charge is -2.16. The first-order valence-corrected chi connectivity index (χ1v) is 11.6. The van der Waals surface area contributed by atoms with Gasteiger partial charge in [-0.3, -0.25) is 9.29 Å². The first kappa shape index (κ1) is 20.9. The maximum absolute atomic E-state index is 12.4. The van der Waals surface area contributed by atoms with Crippen molar-refractivity contribution in [1.82, 2.24) is 4.98 Å². The third-order valence-electron chi connectivity index (χ3n) is 4.97. The van der Waals surface area contributed by atoms with Crippen LogP contribution in [0, 0.1) is 0 Å². The summed E-state index contributed by atoms with van der Waals surface area (Å²) >= 11 is 0. The molecule has 0 saturated carbocycles. The van der Waals surface area contributed by atoms with E-state index < -0.39 is 16.0 Å². The summed E-state index contributed by atoms with van der Waals surface area (Å²) in [5, 5.41) is 0. The molecule has 0 amide bonds. The van der Waals surface area contributed by atoms with Crippen LogP contribution in [0.2, 0.25) is 0 Å². The Morgan fingerprint density at radius 2 is 1.87 bits per heavy atom. The fourth-order valence-electron chi connectivity index (χ4n) is 3.40. The quantitative estimate of drug-likeness (QED) is 0.526. The minimum atomic E-state index is -3.32. The molecule has 0 saturated heterocycles. The van der Waals surface area contributed by atoms with Gasteiger partial charge in [0.15, 0.2) is 0 Å². The van der Waals surface area contributed by atoms with Crippen molar-refractivity contribution in [1.29, 1.82) is 0 Å². The molecule has 160 valence electrons. The number of nitrogens with zero attached hydrogens (tertiary/aromatic N) is 2. The molecule has 1 aliphatic rings. The normalized spacial score (nSPS) is 13.0. The molecule has 0 bridgehead atoms. The van der Waals surface area contributed by atoms with E-state index in [1.165, 1.54) is 10.6 Å². The van der Waals surface area contributed by atoms with Crippen LogP contribution in [0.15, 0.2) is 66.9 Å². The molecule has 31 heavy (non-hydrogen) atoms. The van der Waals surface area contributed by atoms with E-state index in [0.29, 0.717) is 36.6 Å². The van der Waals surface area contributed by atoms with E-state index >= 15 is 0 Å². The number of rotatable bonds is 7. The number of fused-ring (bicyclic) bond motifs is 1. The van der Waals surface area contributed by atoms with Gasteiger partial charge in [0.05, 0.1) is 23.2 Å². The van der Waals surface area contributed by atoms with Gasteiger partial charge >= 0.3 is 5.97 Å². The van der Waals surface area contributed by atoms with Crippen molar-refractivity contribution < 1.29 is 22.7 Å². The minimum Gasteiger partial charge on any atom is -0.487 e. The second-order valence-corrected chi connectivity index (χ2v) is 9.17. The van der Waals surface area contributed by atoms with E-state index in [-0.39, 0.29) is 6.61 Å². The molecule has 0 atom stereocenters. The first-order chi connectivity index (χ1) is 14.9. The second kappa shape index (κ2) is 8.77. The summed E-state index contributed by atoms with van der Waals surface area (Å²) in [5.74, 6) is 0.255. The van der Waals surface area contributed by atoms with Gasteiger partial charge in [0.2, 0.25) is 10.0 Å². The average molecular weight is 439 g/mol. The maximum Gasteiger partial charge on any atom is 0.338 e. The lowest BCUT2D eigenvalue weighted by Crippen LogP contribution is -2.27. The van der Waals surface area contributed by atoms with Crippen LogP contribution >= 0.6 is 0 Å². The molecule has 4 rings (SSSR count). The molecule has 0 N–H and O–H groups in total. The largest absolute Gasteiger partial charge is 0.487 e. The van der Waals surface area contributed by atoms with Crippen molar-refractivity contribution in [2.24, 2.45) is 0 Å². The first-order valence-electron chi connectivity index (χ1n) is 9.79. The molecular weight excluding hydrogens is 416 g/mol. The van der Waals surface area contributed by atoms with Gasteiger partial charge in [-0.25, -0.2) is 13.2 Å². The van der Waals surface area contributed by atoms with E-state index in [1.54, 1.807) is 24.4 Å². The Labute approximate surface area is 181 Å². The molecule has 2 heterocycles.